The SMILES string of the molecule is Ic1ccc2cc3cc4cc(I)ccc4cc3cc2c1. The van der Waals surface area contributed by atoms with Crippen molar-refractivity contribution in [3.63, 3.8) is 0 Å². The van der Waals surface area contributed by atoms with Crippen LogP contribution >= 0.6 is 45.2 Å². The molecule has 0 saturated carbocycles. The number of halogens is 2. The van der Waals surface area contributed by atoms with Crippen molar-refractivity contribution in [3.05, 3.63) is 67.8 Å². The topological polar surface area (TPSA) is 0 Å². The third-order valence-electron chi connectivity index (χ3n) is 3.68. The van der Waals surface area contributed by atoms with Crippen molar-refractivity contribution in [2.24, 2.45) is 0 Å². The minimum atomic E-state index is 1.28. The first-order valence-electron chi connectivity index (χ1n) is 6.41. The fourth-order valence-electron chi connectivity index (χ4n) is 2.69. The second-order valence-corrected chi connectivity index (χ2v) is 7.53. The molecule has 0 amide bonds. The van der Waals surface area contributed by atoms with Crippen LogP contribution in [0.4, 0.5) is 0 Å². The van der Waals surface area contributed by atoms with E-state index in [1.165, 1.54) is 39.5 Å². The van der Waals surface area contributed by atoms with Crippen LogP contribution in [0, 0.1) is 7.14 Å². The summed E-state index contributed by atoms with van der Waals surface area (Å²) in [6.45, 7) is 0. The molecule has 0 spiro atoms. The van der Waals surface area contributed by atoms with Crippen molar-refractivity contribution in [2.75, 3.05) is 0 Å². The van der Waals surface area contributed by atoms with Gasteiger partial charge in [-0.25, -0.2) is 0 Å². The van der Waals surface area contributed by atoms with E-state index in [0.29, 0.717) is 0 Å². The Hall–Kier alpha value is -0.880. The fourth-order valence-corrected chi connectivity index (χ4v) is 3.72. The molecule has 0 saturated heterocycles. The zero-order valence-corrected chi connectivity index (χ0v) is 14.8. The van der Waals surface area contributed by atoms with Crippen molar-refractivity contribution in [1.82, 2.24) is 0 Å². The van der Waals surface area contributed by atoms with Crippen molar-refractivity contribution in [1.29, 1.82) is 0 Å². The van der Waals surface area contributed by atoms with Gasteiger partial charge in [-0.15, -0.1) is 0 Å². The Morgan fingerprint density at radius 1 is 0.400 bits per heavy atom. The summed E-state index contributed by atoms with van der Waals surface area (Å²) in [4.78, 5) is 0. The first-order valence-corrected chi connectivity index (χ1v) is 8.57. The molecule has 0 aliphatic carbocycles. The van der Waals surface area contributed by atoms with E-state index in [1.54, 1.807) is 0 Å². The van der Waals surface area contributed by atoms with Gasteiger partial charge in [-0.3, -0.25) is 0 Å². The van der Waals surface area contributed by atoms with Gasteiger partial charge in [0.15, 0.2) is 0 Å². The van der Waals surface area contributed by atoms with E-state index < -0.39 is 0 Å². The molecule has 0 aliphatic rings. The third-order valence-corrected chi connectivity index (χ3v) is 5.02. The maximum atomic E-state index is 2.37. The Balaban J connectivity index is 2.13. The van der Waals surface area contributed by atoms with Crippen LogP contribution in [0.5, 0.6) is 0 Å². The van der Waals surface area contributed by atoms with Crippen LogP contribution in [0.15, 0.2) is 60.7 Å². The molecule has 0 bridgehead atoms. The van der Waals surface area contributed by atoms with Gasteiger partial charge >= 0.3 is 0 Å². The number of fused-ring (bicyclic) bond motifs is 3. The Bertz CT molecular complexity index is 890. The zero-order chi connectivity index (χ0) is 13.7. The lowest BCUT2D eigenvalue weighted by molar-refractivity contribution is 1.71. The lowest BCUT2D eigenvalue weighted by Crippen LogP contribution is -1.80. The Morgan fingerprint density at radius 2 is 0.750 bits per heavy atom. The number of benzene rings is 4. The van der Waals surface area contributed by atoms with E-state index in [0.717, 1.165) is 0 Å². The van der Waals surface area contributed by atoms with E-state index in [9.17, 15) is 0 Å². The molecule has 4 rings (SSSR count). The maximum absolute atomic E-state index is 2.37. The van der Waals surface area contributed by atoms with Crippen LogP contribution in [0.3, 0.4) is 0 Å². The van der Waals surface area contributed by atoms with Crippen molar-refractivity contribution in [2.45, 2.75) is 0 Å². The minimum absolute atomic E-state index is 1.28. The summed E-state index contributed by atoms with van der Waals surface area (Å²) >= 11 is 4.74. The largest absolute Gasteiger partial charge is 0.0533 e. The van der Waals surface area contributed by atoms with Crippen molar-refractivity contribution in [3.8, 4) is 0 Å². The van der Waals surface area contributed by atoms with Gasteiger partial charge in [0.1, 0.15) is 0 Å². The van der Waals surface area contributed by atoms with E-state index in [-0.39, 0.29) is 0 Å². The highest BCUT2D eigenvalue weighted by molar-refractivity contribution is 14.1. The highest BCUT2D eigenvalue weighted by Gasteiger charge is 2.02. The molecule has 0 fully saturated rings. The molecule has 4 aromatic carbocycles. The summed E-state index contributed by atoms with van der Waals surface area (Å²) in [7, 11) is 0. The molecule has 20 heavy (non-hydrogen) atoms. The average molecular weight is 480 g/mol. The van der Waals surface area contributed by atoms with E-state index >= 15 is 0 Å². The second kappa shape index (κ2) is 4.84. The number of rotatable bonds is 0. The summed E-state index contributed by atoms with van der Waals surface area (Å²) in [5.41, 5.74) is 0. The summed E-state index contributed by atoms with van der Waals surface area (Å²) < 4.78 is 2.56. The van der Waals surface area contributed by atoms with Crippen LogP contribution in [0.25, 0.3) is 32.3 Å². The molecular formula is C18H10I2. The normalized spacial score (nSPS) is 11.5. The lowest BCUT2D eigenvalue weighted by Gasteiger charge is -2.06. The van der Waals surface area contributed by atoms with Gasteiger partial charge in [-0.2, -0.15) is 0 Å². The van der Waals surface area contributed by atoms with Gasteiger partial charge in [-0.1, -0.05) is 12.1 Å². The van der Waals surface area contributed by atoms with Gasteiger partial charge < -0.3 is 0 Å². The van der Waals surface area contributed by atoms with E-state index in [1.807, 2.05) is 0 Å². The molecule has 0 aromatic heterocycles. The molecule has 96 valence electrons. The average Bonchev–Trinajstić information content (AvgIpc) is 2.43. The first-order chi connectivity index (χ1) is 9.69. The Kier molecular flexibility index (Phi) is 3.11. The zero-order valence-electron chi connectivity index (χ0n) is 10.5. The summed E-state index contributed by atoms with van der Waals surface area (Å²) in [6, 6.07) is 22.4. The molecule has 0 atom stereocenters. The van der Waals surface area contributed by atoms with Crippen LogP contribution in [0.2, 0.25) is 0 Å². The van der Waals surface area contributed by atoms with Gasteiger partial charge in [0.25, 0.3) is 0 Å². The molecule has 0 aliphatic heterocycles. The van der Waals surface area contributed by atoms with Crippen LogP contribution in [0.1, 0.15) is 0 Å². The lowest BCUT2D eigenvalue weighted by atomic mass is 10.00. The van der Waals surface area contributed by atoms with Crippen LogP contribution < -0.4 is 0 Å². The third kappa shape index (κ3) is 2.19. The highest BCUT2D eigenvalue weighted by Crippen LogP contribution is 2.29. The molecule has 0 nitrogen and oxygen atoms in total. The number of hydrogen-bond acceptors (Lipinski definition) is 0. The molecule has 0 N–H and O–H groups in total. The van der Waals surface area contributed by atoms with E-state index in [4.69, 9.17) is 0 Å². The van der Waals surface area contributed by atoms with Gasteiger partial charge in [0.2, 0.25) is 0 Å². The molecule has 0 radical (unpaired) electrons. The quantitative estimate of drug-likeness (QED) is 0.203. The van der Waals surface area contributed by atoms with Gasteiger partial charge in [0.05, 0.1) is 0 Å². The predicted octanol–water partition coefficient (Wildman–Crippen LogP) is 6.36. The molecule has 4 aromatic rings. The predicted molar refractivity (Wildman–Crippen MR) is 104 cm³/mol. The van der Waals surface area contributed by atoms with Crippen molar-refractivity contribution >= 4 is 77.5 Å². The second-order valence-electron chi connectivity index (χ2n) is 5.03. The van der Waals surface area contributed by atoms with Gasteiger partial charge in [0, 0.05) is 7.14 Å². The smallest absolute Gasteiger partial charge is 0.0136 e. The molecule has 0 heterocycles. The fraction of sp³-hybridized carbons (Fsp3) is 0. The Morgan fingerprint density at radius 3 is 1.20 bits per heavy atom. The summed E-state index contributed by atoms with van der Waals surface area (Å²) in [5.74, 6) is 0. The summed E-state index contributed by atoms with van der Waals surface area (Å²) in [6.07, 6.45) is 0. The highest BCUT2D eigenvalue weighted by atomic mass is 127. The minimum Gasteiger partial charge on any atom is -0.0533 e. The van der Waals surface area contributed by atoms with Crippen LogP contribution in [-0.4, -0.2) is 0 Å². The molecule has 2 heteroatoms. The monoisotopic (exact) mass is 480 g/mol. The van der Waals surface area contributed by atoms with Crippen LogP contribution in [-0.2, 0) is 0 Å². The summed E-state index contributed by atoms with van der Waals surface area (Å²) in [5, 5.41) is 7.87. The standard InChI is InChI=1S/C18H10I2/c19-17-3-1-11-5-13-8-16-10-18(20)4-2-12(16)6-14(13)7-15(11)9-17/h1-10H. The molecular weight excluding hydrogens is 470 g/mol. The van der Waals surface area contributed by atoms with E-state index in [2.05, 4.69) is 106 Å². The number of hydrogen-bond donors (Lipinski definition) is 0. The van der Waals surface area contributed by atoms with Crippen molar-refractivity contribution < 1.29 is 0 Å². The van der Waals surface area contributed by atoms with Gasteiger partial charge in [-0.05, 0) is 126 Å². The first kappa shape index (κ1) is 12.8. The Labute approximate surface area is 144 Å². The molecule has 0 unspecified atom stereocenters. The maximum Gasteiger partial charge on any atom is 0.0136 e.